The van der Waals surface area contributed by atoms with E-state index in [1.807, 2.05) is 0 Å². The van der Waals surface area contributed by atoms with Crippen LogP contribution in [0.2, 0.25) is 5.02 Å². The largest absolute Gasteiger partial charge is 0.296 e. The average Bonchev–Trinajstić information content (AvgIpc) is 2.36. The predicted molar refractivity (Wildman–Crippen MR) is 72.9 cm³/mol. The van der Waals surface area contributed by atoms with E-state index in [9.17, 15) is 4.79 Å². The number of halogens is 1. The summed E-state index contributed by atoms with van der Waals surface area (Å²) in [4.78, 5) is 11.7. The monoisotopic (exact) mass is 280 g/mol. The van der Waals surface area contributed by atoms with Crippen LogP contribution in [0.25, 0.3) is 0 Å². The Balaban J connectivity index is 2.41. The molecule has 1 N–H and O–H groups in total. The summed E-state index contributed by atoms with van der Waals surface area (Å²) in [6.45, 7) is 1.59. The molecule has 1 heterocycles. The molecular weight excluding hydrogens is 272 g/mol. The number of benzene rings is 1. The van der Waals surface area contributed by atoms with Crippen molar-refractivity contribution in [3.8, 4) is 0 Å². The van der Waals surface area contributed by atoms with Gasteiger partial charge in [0.2, 0.25) is 4.77 Å². The van der Waals surface area contributed by atoms with Gasteiger partial charge in [-0.05, 0) is 36.8 Å². The summed E-state index contributed by atoms with van der Waals surface area (Å²) in [7, 11) is 0. The maximum Gasteiger partial charge on any atom is 0.296 e. The molecule has 92 valence electrons. The standard InChI is InChI=1S/C11H9ClN4OS/c1-7-10(17)16(11(18)15-14-7)13-6-8-2-4-9(12)5-3-8/h2-6H,1H3,(H,15,18). The van der Waals surface area contributed by atoms with Crippen molar-refractivity contribution in [1.82, 2.24) is 14.9 Å². The summed E-state index contributed by atoms with van der Waals surface area (Å²) >= 11 is 10.7. The normalized spacial score (nSPS) is 11.0. The zero-order valence-electron chi connectivity index (χ0n) is 9.42. The molecule has 5 nitrogen and oxygen atoms in total. The van der Waals surface area contributed by atoms with Gasteiger partial charge in [-0.15, -0.1) is 0 Å². The molecule has 0 aliphatic rings. The van der Waals surface area contributed by atoms with Gasteiger partial charge in [0.15, 0.2) is 0 Å². The summed E-state index contributed by atoms with van der Waals surface area (Å²) in [5, 5.41) is 11.0. The summed E-state index contributed by atoms with van der Waals surface area (Å²) in [6.07, 6.45) is 1.53. The molecule has 0 unspecified atom stereocenters. The third-order valence-corrected chi connectivity index (χ3v) is 2.72. The summed E-state index contributed by atoms with van der Waals surface area (Å²) in [5.41, 5.74) is 0.774. The van der Waals surface area contributed by atoms with E-state index < -0.39 is 0 Å². The second-order valence-corrected chi connectivity index (χ2v) is 4.35. The molecule has 0 spiro atoms. The summed E-state index contributed by atoms with van der Waals surface area (Å²) in [6, 6.07) is 7.06. The van der Waals surface area contributed by atoms with Crippen molar-refractivity contribution < 1.29 is 0 Å². The fraction of sp³-hybridized carbons (Fsp3) is 0.0909. The van der Waals surface area contributed by atoms with Gasteiger partial charge in [-0.25, -0.2) is 0 Å². The SMILES string of the molecule is Cc1n[nH]c(=S)n(N=Cc2ccc(Cl)cc2)c1=O. The van der Waals surface area contributed by atoms with E-state index in [2.05, 4.69) is 15.3 Å². The van der Waals surface area contributed by atoms with E-state index in [4.69, 9.17) is 23.8 Å². The third-order valence-electron chi connectivity index (χ3n) is 2.21. The van der Waals surface area contributed by atoms with Crippen LogP contribution in [0.5, 0.6) is 0 Å². The number of H-pyrrole nitrogens is 1. The minimum absolute atomic E-state index is 0.149. The Hall–Kier alpha value is -1.79. The second kappa shape index (κ2) is 5.24. The molecule has 0 amide bonds. The van der Waals surface area contributed by atoms with Crippen LogP contribution in [-0.4, -0.2) is 21.1 Å². The summed E-state index contributed by atoms with van der Waals surface area (Å²) < 4.78 is 1.24. The summed E-state index contributed by atoms with van der Waals surface area (Å²) in [5.74, 6) is 0. The Morgan fingerprint density at radius 3 is 2.78 bits per heavy atom. The van der Waals surface area contributed by atoms with Crippen LogP contribution in [0.4, 0.5) is 0 Å². The van der Waals surface area contributed by atoms with Gasteiger partial charge in [0.25, 0.3) is 5.56 Å². The smallest absolute Gasteiger partial charge is 0.265 e. The van der Waals surface area contributed by atoms with Crippen molar-refractivity contribution in [3.63, 3.8) is 0 Å². The van der Waals surface area contributed by atoms with Gasteiger partial charge in [0.1, 0.15) is 5.69 Å². The number of hydrogen-bond donors (Lipinski definition) is 1. The van der Waals surface area contributed by atoms with E-state index >= 15 is 0 Å². The molecule has 0 aliphatic carbocycles. The lowest BCUT2D eigenvalue weighted by molar-refractivity contribution is 0.720. The van der Waals surface area contributed by atoms with Crippen molar-refractivity contribution in [2.45, 2.75) is 6.92 Å². The van der Waals surface area contributed by atoms with E-state index in [0.29, 0.717) is 10.7 Å². The maximum absolute atomic E-state index is 11.7. The number of aryl methyl sites for hydroxylation is 1. The Kier molecular flexibility index (Phi) is 3.69. The first-order valence-electron chi connectivity index (χ1n) is 5.06. The number of nitrogens with zero attached hydrogens (tertiary/aromatic N) is 3. The number of rotatable bonds is 2. The highest BCUT2D eigenvalue weighted by Crippen LogP contribution is 2.07. The van der Waals surface area contributed by atoms with Crippen molar-refractivity contribution in [2.24, 2.45) is 5.10 Å². The van der Waals surface area contributed by atoms with Gasteiger partial charge in [-0.2, -0.15) is 14.9 Å². The fourth-order valence-corrected chi connectivity index (χ4v) is 1.55. The lowest BCUT2D eigenvalue weighted by Crippen LogP contribution is -2.22. The van der Waals surface area contributed by atoms with Crippen LogP contribution in [0.1, 0.15) is 11.3 Å². The maximum atomic E-state index is 11.7. The van der Waals surface area contributed by atoms with E-state index in [-0.39, 0.29) is 10.3 Å². The highest BCUT2D eigenvalue weighted by molar-refractivity contribution is 7.71. The molecule has 0 atom stereocenters. The molecule has 2 rings (SSSR count). The molecule has 0 aliphatic heterocycles. The zero-order chi connectivity index (χ0) is 13.1. The molecule has 1 aromatic carbocycles. The molecule has 2 aromatic rings. The van der Waals surface area contributed by atoms with Gasteiger partial charge in [0, 0.05) is 5.02 Å². The van der Waals surface area contributed by atoms with Crippen LogP contribution in [0.15, 0.2) is 34.2 Å². The predicted octanol–water partition coefficient (Wildman–Crippen LogP) is 2.14. The molecule has 0 saturated carbocycles. The molecule has 0 bridgehead atoms. The quantitative estimate of drug-likeness (QED) is 0.677. The lowest BCUT2D eigenvalue weighted by atomic mass is 10.2. The fourth-order valence-electron chi connectivity index (χ4n) is 1.25. The molecule has 7 heteroatoms. The zero-order valence-corrected chi connectivity index (χ0v) is 11.0. The van der Waals surface area contributed by atoms with Gasteiger partial charge in [-0.1, -0.05) is 23.7 Å². The number of nitrogens with one attached hydrogen (secondary N) is 1. The van der Waals surface area contributed by atoms with E-state index in [1.54, 1.807) is 31.2 Å². The van der Waals surface area contributed by atoms with Gasteiger partial charge < -0.3 is 0 Å². The van der Waals surface area contributed by atoms with Crippen LogP contribution in [0, 0.1) is 11.7 Å². The molecule has 0 saturated heterocycles. The highest BCUT2D eigenvalue weighted by Gasteiger charge is 2.00. The van der Waals surface area contributed by atoms with Crippen molar-refractivity contribution in [3.05, 3.63) is 55.7 Å². The molecular formula is C11H9ClN4OS. The lowest BCUT2D eigenvalue weighted by Gasteiger charge is -1.99. The van der Waals surface area contributed by atoms with Crippen LogP contribution in [0.3, 0.4) is 0 Å². The third kappa shape index (κ3) is 2.72. The number of hydrogen-bond acceptors (Lipinski definition) is 4. The molecule has 0 radical (unpaired) electrons. The first-order chi connectivity index (χ1) is 8.58. The van der Waals surface area contributed by atoms with Crippen LogP contribution < -0.4 is 5.56 Å². The Bertz CT molecular complexity index is 702. The second-order valence-electron chi connectivity index (χ2n) is 3.53. The first-order valence-corrected chi connectivity index (χ1v) is 5.85. The van der Waals surface area contributed by atoms with Crippen LogP contribution in [-0.2, 0) is 0 Å². The molecule has 1 aromatic heterocycles. The van der Waals surface area contributed by atoms with Gasteiger partial charge in [-0.3, -0.25) is 9.89 Å². The molecule has 0 fully saturated rings. The van der Waals surface area contributed by atoms with E-state index in [0.717, 1.165) is 10.2 Å². The molecule has 18 heavy (non-hydrogen) atoms. The minimum atomic E-state index is -0.344. The van der Waals surface area contributed by atoms with Crippen molar-refractivity contribution >= 4 is 30.0 Å². The number of aromatic nitrogens is 3. The Morgan fingerprint density at radius 2 is 2.11 bits per heavy atom. The minimum Gasteiger partial charge on any atom is -0.265 e. The van der Waals surface area contributed by atoms with E-state index in [1.165, 1.54) is 6.21 Å². The van der Waals surface area contributed by atoms with Crippen molar-refractivity contribution in [2.75, 3.05) is 0 Å². The topological polar surface area (TPSA) is 63.0 Å². The number of aromatic amines is 1. The average molecular weight is 281 g/mol. The van der Waals surface area contributed by atoms with Crippen molar-refractivity contribution in [1.29, 1.82) is 0 Å². The highest BCUT2D eigenvalue weighted by atomic mass is 35.5. The Morgan fingerprint density at radius 1 is 1.44 bits per heavy atom. The van der Waals surface area contributed by atoms with Crippen LogP contribution >= 0.6 is 23.8 Å². The Labute approximate surface area is 113 Å². The first kappa shape index (κ1) is 12.7. The van der Waals surface area contributed by atoms with Gasteiger partial charge >= 0.3 is 0 Å². The van der Waals surface area contributed by atoms with Gasteiger partial charge in [0.05, 0.1) is 6.21 Å².